The molecule has 3 rings (SSSR count). The van der Waals surface area contributed by atoms with Gasteiger partial charge in [0.05, 0.1) is 30.1 Å². The van der Waals surface area contributed by atoms with Gasteiger partial charge in [0.2, 0.25) is 0 Å². The van der Waals surface area contributed by atoms with Crippen LogP contribution < -0.4 is 5.32 Å². The number of carbonyl (C=O) groups is 1. The maximum absolute atomic E-state index is 13.6. The van der Waals surface area contributed by atoms with Crippen molar-refractivity contribution in [3.05, 3.63) is 34.9 Å². The minimum absolute atomic E-state index is 0.0333. The molecule has 0 radical (unpaired) electrons. The summed E-state index contributed by atoms with van der Waals surface area (Å²) < 4.78 is 33.1. The number of aromatic nitrogens is 3. The zero-order valence-electron chi connectivity index (χ0n) is 11.5. The molecule has 10 heteroatoms. The summed E-state index contributed by atoms with van der Waals surface area (Å²) in [5, 5.41) is 18.8. The van der Waals surface area contributed by atoms with E-state index in [-0.39, 0.29) is 29.6 Å². The van der Waals surface area contributed by atoms with Gasteiger partial charge in [-0.25, -0.2) is 13.5 Å². The van der Waals surface area contributed by atoms with Crippen LogP contribution in [-0.4, -0.2) is 45.4 Å². The Bertz CT molecular complexity index is 755. The average molecular weight is 345 g/mol. The number of phenolic OH excluding ortho intramolecular Hbond substituents is 1. The van der Waals surface area contributed by atoms with Crippen LogP contribution in [0.4, 0.5) is 14.5 Å². The quantitative estimate of drug-likeness (QED) is 0.831. The molecule has 1 aliphatic rings. The molecule has 2 atom stereocenters. The van der Waals surface area contributed by atoms with Gasteiger partial charge in [0, 0.05) is 12.1 Å². The van der Waals surface area contributed by atoms with Gasteiger partial charge in [-0.3, -0.25) is 4.79 Å². The minimum Gasteiger partial charge on any atom is -0.505 e. The summed E-state index contributed by atoms with van der Waals surface area (Å²) in [5.41, 5.74) is -0.122. The van der Waals surface area contributed by atoms with Crippen LogP contribution in [0.5, 0.6) is 5.75 Å². The fourth-order valence-electron chi connectivity index (χ4n) is 2.12. The van der Waals surface area contributed by atoms with Crippen molar-refractivity contribution in [2.24, 2.45) is 0 Å². The highest BCUT2D eigenvalue weighted by atomic mass is 35.5. The van der Waals surface area contributed by atoms with Crippen LogP contribution in [0, 0.1) is 5.82 Å². The van der Waals surface area contributed by atoms with Crippen molar-refractivity contribution in [1.82, 2.24) is 15.0 Å². The van der Waals surface area contributed by atoms with E-state index in [1.807, 2.05) is 0 Å². The van der Waals surface area contributed by atoms with Gasteiger partial charge in [0.1, 0.15) is 12.2 Å². The summed E-state index contributed by atoms with van der Waals surface area (Å²) in [7, 11) is 0. The molecule has 1 fully saturated rings. The molecule has 2 heterocycles. The number of carbonyl (C=O) groups excluding carboxylic acids is 1. The standard InChI is InChI=1S/C13H11ClF2N4O3/c14-6-1-12(21)7(15)2-9(6)17-13(22)10-3-20(19-18-10)11-5-23-4-8(11)16/h1-3,8,11,21H,4-5H2,(H,17,22)/t8-,11+/m0/s1. The predicted molar refractivity (Wildman–Crippen MR) is 75.8 cm³/mol. The van der Waals surface area contributed by atoms with E-state index < -0.39 is 29.7 Å². The highest BCUT2D eigenvalue weighted by Crippen LogP contribution is 2.29. The van der Waals surface area contributed by atoms with E-state index in [1.165, 1.54) is 10.9 Å². The Morgan fingerprint density at radius 2 is 2.26 bits per heavy atom. The maximum Gasteiger partial charge on any atom is 0.277 e. The third kappa shape index (κ3) is 3.10. The Labute approximate surface area is 133 Å². The molecule has 1 amide bonds. The smallest absolute Gasteiger partial charge is 0.277 e. The van der Waals surface area contributed by atoms with Crippen LogP contribution >= 0.6 is 11.6 Å². The van der Waals surface area contributed by atoms with Gasteiger partial charge in [0.25, 0.3) is 5.91 Å². The number of alkyl halides is 1. The van der Waals surface area contributed by atoms with Crippen molar-refractivity contribution in [3.63, 3.8) is 0 Å². The number of hydrogen-bond acceptors (Lipinski definition) is 5. The van der Waals surface area contributed by atoms with Gasteiger partial charge in [-0.1, -0.05) is 16.8 Å². The number of nitrogens with zero attached hydrogens (tertiary/aromatic N) is 3. The molecule has 2 N–H and O–H groups in total. The Balaban J connectivity index is 1.76. The lowest BCUT2D eigenvalue weighted by molar-refractivity contribution is 0.102. The second-order valence-electron chi connectivity index (χ2n) is 4.94. The molecule has 0 aliphatic carbocycles. The summed E-state index contributed by atoms with van der Waals surface area (Å²) in [4.78, 5) is 12.1. The molecule has 23 heavy (non-hydrogen) atoms. The van der Waals surface area contributed by atoms with E-state index in [4.69, 9.17) is 16.3 Å². The van der Waals surface area contributed by atoms with Gasteiger partial charge in [-0.05, 0) is 0 Å². The number of nitrogens with one attached hydrogen (secondary N) is 1. The molecule has 2 aromatic rings. The lowest BCUT2D eigenvalue weighted by atomic mass is 10.2. The summed E-state index contributed by atoms with van der Waals surface area (Å²) in [5.74, 6) is -2.26. The molecule has 0 bridgehead atoms. The molecule has 1 aromatic carbocycles. The highest BCUT2D eigenvalue weighted by molar-refractivity contribution is 6.34. The largest absolute Gasteiger partial charge is 0.505 e. The van der Waals surface area contributed by atoms with Crippen LogP contribution in [0.1, 0.15) is 16.5 Å². The van der Waals surface area contributed by atoms with E-state index in [9.17, 15) is 18.7 Å². The van der Waals surface area contributed by atoms with Gasteiger partial charge in [0.15, 0.2) is 17.3 Å². The van der Waals surface area contributed by atoms with Crippen molar-refractivity contribution >= 4 is 23.2 Å². The average Bonchev–Trinajstić information content (AvgIpc) is 3.13. The minimum atomic E-state index is -1.23. The van der Waals surface area contributed by atoms with E-state index in [0.717, 1.165) is 12.1 Å². The molecule has 7 nitrogen and oxygen atoms in total. The molecule has 0 spiro atoms. The highest BCUT2D eigenvalue weighted by Gasteiger charge is 2.31. The predicted octanol–water partition coefficient (Wildman–Crippen LogP) is 1.94. The fourth-order valence-corrected chi connectivity index (χ4v) is 2.33. The number of hydrogen-bond donors (Lipinski definition) is 2. The number of ether oxygens (including phenoxy) is 1. The monoisotopic (exact) mass is 344 g/mol. The van der Waals surface area contributed by atoms with E-state index >= 15 is 0 Å². The number of phenols is 1. The second-order valence-corrected chi connectivity index (χ2v) is 5.35. The lowest BCUT2D eigenvalue weighted by Gasteiger charge is -2.09. The summed E-state index contributed by atoms with van der Waals surface area (Å²) in [6, 6.07) is 1.20. The lowest BCUT2D eigenvalue weighted by Crippen LogP contribution is -2.19. The van der Waals surface area contributed by atoms with E-state index in [0.29, 0.717) is 0 Å². The maximum atomic E-state index is 13.6. The van der Waals surface area contributed by atoms with Crippen LogP contribution in [-0.2, 0) is 4.74 Å². The van der Waals surface area contributed by atoms with Crippen molar-refractivity contribution in [3.8, 4) is 5.75 Å². The second kappa shape index (κ2) is 6.09. The topological polar surface area (TPSA) is 89.3 Å². The molecule has 1 aliphatic heterocycles. The van der Waals surface area contributed by atoms with Crippen LogP contribution in [0.15, 0.2) is 18.3 Å². The summed E-state index contributed by atoms with van der Waals surface area (Å²) in [6.07, 6.45) is 0.0413. The number of halogens is 3. The van der Waals surface area contributed by atoms with Gasteiger partial charge in [-0.15, -0.1) is 5.10 Å². The molecular weight excluding hydrogens is 334 g/mol. The number of aromatic hydroxyl groups is 1. The Morgan fingerprint density at radius 3 is 2.96 bits per heavy atom. The van der Waals surface area contributed by atoms with Gasteiger partial charge >= 0.3 is 0 Å². The first-order chi connectivity index (χ1) is 11.0. The first-order valence-corrected chi connectivity index (χ1v) is 6.96. The van der Waals surface area contributed by atoms with E-state index in [1.54, 1.807) is 0 Å². The summed E-state index contributed by atoms with van der Waals surface area (Å²) >= 11 is 5.81. The van der Waals surface area contributed by atoms with Crippen molar-refractivity contribution in [2.45, 2.75) is 12.2 Å². The molecule has 0 saturated carbocycles. The first kappa shape index (κ1) is 15.6. The number of benzene rings is 1. The molecular formula is C13H11ClF2N4O3. The number of amides is 1. The normalized spacial score (nSPS) is 20.7. The van der Waals surface area contributed by atoms with Crippen molar-refractivity contribution in [2.75, 3.05) is 18.5 Å². The van der Waals surface area contributed by atoms with Gasteiger partial charge in [-0.2, -0.15) is 0 Å². The zero-order valence-corrected chi connectivity index (χ0v) is 12.3. The molecule has 122 valence electrons. The van der Waals surface area contributed by atoms with Crippen molar-refractivity contribution in [1.29, 1.82) is 0 Å². The van der Waals surface area contributed by atoms with E-state index in [2.05, 4.69) is 15.6 Å². The summed E-state index contributed by atoms with van der Waals surface area (Å²) in [6.45, 7) is 0.106. The third-order valence-corrected chi connectivity index (χ3v) is 3.66. The Hall–Kier alpha value is -2.26. The SMILES string of the molecule is O=C(Nc1cc(F)c(O)cc1Cl)c1cn([C@@H]2COC[C@@H]2F)nn1. The molecule has 1 saturated heterocycles. The van der Waals surface area contributed by atoms with Crippen LogP contribution in [0.2, 0.25) is 5.02 Å². The zero-order chi connectivity index (χ0) is 16.6. The van der Waals surface area contributed by atoms with Crippen LogP contribution in [0.25, 0.3) is 0 Å². The van der Waals surface area contributed by atoms with Gasteiger partial charge < -0.3 is 15.2 Å². The third-order valence-electron chi connectivity index (χ3n) is 3.35. The molecule has 0 unspecified atom stereocenters. The molecule has 1 aromatic heterocycles. The number of rotatable bonds is 3. The first-order valence-electron chi connectivity index (χ1n) is 6.58. The Morgan fingerprint density at radius 1 is 1.48 bits per heavy atom. The van der Waals surface area contributed by atoms with Crippen molar-refractivity contribution < 1.29 is 23.4 Å². The Kier molecular flexibility index (Phi) is 4.14. The fraction of sp³-hybridized carbons (Fsp3) is 0.308. The van der Waals surface area contributed by atoms with Crippen LogP contribution in [0.3, 0.4) is 0 Å². The number of anilines is 1.